The number of pyridine rings is 1. The predicted molar refractivity (Wildman–Crippen MR) is 80.7 cm³/mol. The highest BCUT2D eigenvalue weighted by Gasteiger charge is 2.04. The van der Waals surface area contributed by atoms with Crippen molar-refractivity contribution in [1.29, 1.82) is 0 Å². The molecule has 104 valence electrons. The topological polar surface area (TPSA) is 48.4 Å². The standard InChI is InChI=1S/C15H14BrNO3/c1-2-19-15(18)6-4-8-20-14-10-13-11(9-12(14)16)5-3-7-17-13/h3-7,9-10H,2,8H2,1H3/b6-4+. The van der Waals surface area contributed by atoms with Crippen molar-refractivity contribution in [2.24, 2.45) is 0 Å². The Balaban J connectivity index is 2.03. The summed E-state index contributed by atoms with van der Waals surface area (Å²) in [5.74, 6) is 0.319. The molecule has 0 fully saturated rings. The van der Waals surface area contributed by atoms with Gasteiger partial charge in [-0.05, 0) is 41.1 Å². The Kier molecular flexibility index (Phi) is 5.12. The lowest BCUT2D eigenvalue weighted by molar-refractivity contribution is -0.137. The molecule has 20 heavy (non-hydrogen) atoms. The minimum absolute atomic E-state index is 0.287. The van der Waals surface area contributed by atoms with Gasteiger partial charge in [0.1, 0.15) is 12.4 Å². The molecule has 1 aromatic carbocycles. The Morgan fingerprint density at radius 3 is 3.10 bits per heavy atom. The lowest BCUT2D eigenvalue weighted by atomic mass is 10.2. The molecule has 0 radical (unpaired) electrons. The highest BCUT2D eigenvalue weighted by Crippen LogP contribution is 2.29. The van der Waals surface area contributed by atoms with E-state index < -0.39 is 0 Å². The van der Waals surface area contributed by atoms with Gasteiger partial charge in [0, 0.05) is 23.7 Å². The number of aromatic nitrogens is 1. The molecule has 5 heteroatoms. The van der Waals surface area contributed by atoms with Gasteiger partial charge in [0.25, 0.3) is 0 Å². The maximum absolute atomic E-state index is 11.1. The molecule has 1 aromatic heterocycles. The minimum Gasteiger partial charge on any atom is -0.488 e. The van der Waals surface area contributed by atoms with Crippen LogP contribution in [0, 0.1) is 0 Å². The number of benzene rings is 1. The summed E-state index contributed by atoms with van der Waals surface area (Å²) in [6.07, 6.45) is 4.71. The van der Waals surface area contributed by atoms with Gasteiger partial charge in [0.2, 0.25) is 0 Å². The maximum Gasteiger partial charge on any atom is 0.330 e. The highest BCUT2D eigenvalue weighted by atomic mass is 79.9. The van der Waals surface area contributed by atoms with Crippen molar-refractivity contribution in [3.63, 3.8) is 0 Å². The van der Waals surface area contributed by atoms with Crippen molar-refractivity contribution in [2.45, 2.75) is 6.92 Å². The summed E-state index contributed by atoms with van der Waals surface area (Å²) in [5, 5.41) is 1.04. The van der Waals surface area contributed by atoms with E-state index in [0.717, 1.165) is 15.4 Å². The average Bonchev–Trinajstić information content (AvgIpc) is 2.44. The van der Waals surface area contributed by atoms with Gasteiger partial charge in [0.05, 0.1) is 16.6 Å². The zero-order valence-corrected chi connectivity index (χ0v) is 12.6. The molecule has 0 N–H and O–H groups in total. The first kappa shape index (κ1) is 14.5. The van der Waals surface area contributed by atoms with Crippen LogP contribution in [0.5, 0.6) is 5.75 Å². The molecule has 0 atom stereocenters. The average molecular weight is 336 g/mol. The van der Waals surface area contributed by atoms with Gasteiger partial charge in [-0.1, -0.05) is 6.07 Å². The van der Waals surface area contributed by atoms with Crippen LogP contribution in [0.1, 0.15) is 6.92 Å². The van der Waals surface area contributed by atoms with Crippen LogP contribution in [0.3, 0.4) is 0 Å². The Bertz CT molecular complexity index is 640. The summed E-state index contributed by atoms with van der Waals surface area (Å²) in [4.78, 5) is 15.4. The molecule has 2 aromatic rings. The van der Waals surface area contributed by atoms with Crippen molar-refractivity contribution < 1.29 is 14.3 Å². The molecular weight excluding hydrogens is 322 g/mol. The lowest BCUT2D eigenvalue weighted by Gasteiger charge is -2.07. The van der Waals surface area contributed by atoms with Crippen LogP contribution in [-0.4, -0.2) is 24.2 Å². The quantitative estimate of drug-likeness (QED) is 0.619. The monoisotopic (exact) mass is 335 g/mol. The SMILES string of the molecule is CCOC(=O)/C=C/COc1cc2ncccc2cc1Br. The number of halogens is 1. The summed E-state index contributed by atoms with van der Waals surface area (Å²) in [6, 6.07) is 7.68. The summed E-state index contributed by atoms with van der Waals surface area (Å²) < 4.78 is 11.2. The summed E-state index contributed by atoms with van der Waals surface area (Å²) in [6.45, 7) is 2.42. The van der Waals surface area contributed by atoms with E-state index in [1.54, 1.807) is 19.2 Å². The van der Waals surface area contributed by atoms with Crippen LogP contribution in [0.4, 0.5) is 0 Å². The summed E-state index contributed by atoms with van der Waals surface area (Å²) in [7, 11) is 0. The number of nitrogens with zero attached hydrogens (tertiary/aromatic N) is 1. The number of esters is 1. The largest absolute Gasteiger partial charge is 0.488 e. The van der Waals surface area contributed by atoms with E-state index in [0.29, 0.717) is 12.4 Å². The van der Waals surface area contributed by atoms with Gasteiger partial charge >= 0.3 is 5.97 Å². The number of fused-ring (bicyclic) bond motifs is 1. The van der Waals surface area contributed by atoms with Gasteiger partial charge in [-0.3, -0.25) is 4.98 Å². The van der Waals surface area contributed by atoms with Crippen molar-refractivity contribution >= 4 is 32.8 Å². The Hall–Kier alpha value is -1.88. The lowest BCUT2D eigenvalue weighted by Crippen LogP contribution is -2.01. The number of rotatable bonds is 5. The Morgan fingerprint density at radius 2 is 2.30 bits per heavy atom. The number of hydrogen-bond donors (Lipinski definition) is 0. The second-order valence-corrected chi connectivity index (χ2v) is 4.80. The minimum atomic E-state index is -0.365. The van der Waals surface area contributed by atoms with E-state index in [1.807, 2.05) is 24.3 Å². The first-order chi connectivity index (χ1) is 9.70. The van der Waals surface area contributed by atoms with Crippen LogP contribution < -0.4 is 4.74 Å². The summed E-state index contributed by atoms with van der Waals surface area (Å²) >= 11 is 3.45. The molecule has 0 aliphatic rings. The van der Waals surface area contributed by atoms with Crippen LogP contribution >= 0.6 is 15.9 Å². The number of hydrogen-bond acceptors (Lipinski definition) is 4. The van der Waals surface area contributed by atoms with Crippen LogP contribution in [0.2, 0.25) is 0 Å². The molecule has 0 saturated carbocycles. The third-order valence-electron chi connectivity index (χ3n) is 2.53. The van der Waals surface area contributed by atoms with E-state index in [2.05, 4.69) is 20.9 Å². The van der Waals surface area contributed by atoms with Crippen molar-refractivity contribution in [1.82, 2.24) is 4.98 Å². The molecule has 0 aliphatic heterocycles. The van der Waals surface area contributed by atoms with Crippen LogP contribution in [0.25, 0.3) is 10.9 Å². The fraction of sp³-hybridized carbons (Fsp3) is 0.200. The van der Waals surface area contributed by atoms with Crippen LogP contribution in [0.15, 0.2) is 47.1 Å². The zero-order chi connectivity index (χ0) is 14.4. The van der Waals surface area contributed by atoms with Crippen molar-refractivity contribution in [3.05, 3.63) is 47.1 Å². The summed E-state index contributed by atoms with van der Waals surface area (Å²) in [5.41, 5.74) is 0.861. The van der Waals surface area contributed by atoms with E-state index in [9.17, 15) is 4.79 Å². The van der Waals surface area contributed by atoms with Gasteiger partial charge in [-0.25, -0.2) is 4.79 Å². The third kappa shape index (κ3) is 3.81. The van der Waals surface area contributed by atoms with E-state index in [-0.39, 0.29) is 12.6 Å². The Labute approximate surface area is 125 Å². The van der Waals surface area contributed by atoms with Crippen LogP contribution in [-0.2, 0) is 9.53 Å². The van der Waals surface area contributed by atoms with E-state index in [4.69, 9.17) is 9.47 Å². The fourth-order valence-electron chi connectivity index (χ4n) is 1.66. The van der Waals surface area contributed by atoms with Gasteiger partial charge in [-0.15, -0.1) is 0 Å². The smallest absolute Gasteiger partial charge is 0.330 e. The highest BCUT2D eigenvalue weighted by molar-refractivity contribution is 9.10. The zero-order valence-electron chi connectivity index (χ0n) is 11.0. The molecule has 0 bridgehead atoms. The molecule has 0 unspecified atom stereocenters. The number of carbonyl (C=O) groups excluding carboxylic acids is 1. The Morgan fingerprint density at radius 1 is 1.45 bits per heavy atom. The predicted octanol–water partition coefficient (Wildman–Crippen LogP) is 3.50. The van der Waals surface area contributed by atoms with Gasteiger partial charge < -0.3 is 9.47 Å². The molecule has 2 rings (SSSR count). The second kappa shape index (κ2) is 7.05. The third-order valence-corrected chi connectivity index (χ3v) is 3.15. The maximum atomic E-state index is 11.1. The molecular formula is C15H14BrNO3. The first-order valence-corrected chi connectivity index (χ1v) is 7.00. The second-order valence-electron chi connectivity index (χ2n) is 3.94. The number of carbonyl (C=O) groups is 1. The molecule has 4 nitrogen and oxygen atoms in total. The number of ether oxygens (including phenoxy) is 2. The van der Waals surface area contributed by atoms with Crippen molar-refractivity contribution in [3.8, 4) is 5.75 Å². The molecule has 0 saturated heterocycles. The normalized spacial score (nSPS) is 10.9. The van der Waals surface area contributed by atoms with Gasteiger partial charge in [-0.2, -0.15) is 0 Å². The van der Waals surface area contributed by atoms with E-state index >= 15 is 0 Å². The fourth-order valence-corrected chi connectivity index (χ4v) is 2.13. The molecule has 0 aliphatic carbocycles. The van der Waals surface area contributed by atoms with E-state index in [1.165, 1.54) is 6.08 Å². The van der Waals surface area contributed by atoms with Crippen molar-refractivity contribution in [2.75, 3.05) is 13.2 Å². The molecule has 1 heterocycles. The molecule has 0 amide bonds. The first-order valence-electron chi connectivity index (χ1n) is 6.21. The van der Waals surface area contributed by atoms with Gasteiger partial charge in [0.15, 0.2) is 0 Å². The molecule has 0 spiro atoms.